The normalized spacial score (nSPS) is 10.1. The van der Waals surface area contributed by atoms with E-state index in [0.717, 1.165) is 19.4 Å². The quantitative estimate of drug-likeness (QED) is 0.874. The molecule has 0 heterocycles. The molecule has 0 bridgehead atoms. The number of nitrogens with one attached hydrogen (secondary N) is 1. The third-order valence-corrected chi connectivity index (χ3v) is 3.55. The Morgan fingerprint density at radius 2 is 1.55 bits per heavy atom. The zero-order valence-electron chi connectivity index (χ0n) is 12.1. The first-order chi connectivity index (χ1) is 9.78. The van der Waals surface area contributed by atoms with Crippen molar-refractivity contribution in [2.45, 2.75) is 33.2 Å². The highest BCUT2D eigenvalue weighted by molar-refractivity contribution is 5.58. The highest BCUT2D eigenvalue weighted by Gasteiger charge is 2.05. The zero-order chi connectivity index (χ0) is 14.4. The number of nitrogens with zero attached hydrogens (tertiary/aromatic N) is 1. The van der Waals surface area contributed by atoms with Crippen LogP contribution in [0, 0.1) is 11.3 Å². The third-order valence-electron chi connectivity index (χ3n) is 3.55. The molecule has 0 aromatic heterocycles. The predicted octanol–water partition coefficient (Wildman–Crippen LogP) is 4.30. The Bertz CT molecular complexity index is 584. The van der Waals surface area contributed by atoms with Gasteiger partial charge < -0.3 is 5.32 Å². The van der Waals surface area contributed by atoms with Gasteiger partial charge in [0.25, 0.3) is 0 Å². The van der Waals surface area contributed by atoms with Gasteiger partial charge in [-0.1, -0.05) is 44.2 Å². The van der Waals surface area contributed by atoms with Gasteiger partial charge in [-0.2, -0.15) is 5.26 Å². The molecule has 0 saturated heterocycles. The lowest BCUT2D eigenvalue weighted by Gasteiger charge is -2.15. The molecule has 0 aliphatic rings. The second kappa shape index (κ2) is 6.77. The average Bonchev–Trinajstić information content (AvgIpc) is 2.52. The van der Waals surface area contributed by atoms with E-state index in [0.29, 0.717) is 5.56 Å². The molecule has 0 aliphatic carbocycles. The monoisotopic (exact) mass is 264 g/mol. The number of rotatable bonds is 5. The first-order valence-corrected chi connectivity index (χ1v) is 7.12. The maximum atomic E-state index is 8.81. The number of anilines is 1. The van der Waals surface area contributed by atoms with Crippen molar-refractivity contribution in [2.24, 2.45) is 0 Å². The van der Waals surface area contributed by atoms with Crippen LogP contribution in [0.4, 0.5) is 5.69 Å². The van der Waals surface area contributed by atoms with Gasteiger partial charge in [-0.3, -0.25) is 0 Å². The van der Waals surface area contributed by atoms with Crippen LogP contribution in [0.2, 0.25) is 0 Å². The molecule has 2 aromatic carbocycles. The molecule has 0 unspecified atom stereocenters. The second-order valence-electron chi connectivity index (χ2n) is 4.82. The number of para-hydroxylation sites is 1. The molecule has 0 spiro atoms. The molecule has 102 valence electrons. The van der Waals surface area contributed by atoms with Gasteiger partial charge in [-0.25, -0.2) is 0 Å². The maximum absolute atomic E-state index is 8.81. The van der Waals surface area contributed by atoms with Crippen LogP contribution in [0.1, 0.15) is 36.1 Å². The highest BCUT2D eigenvalue weighted by atomic mass is 14.9. The van der Waals surface area contributed by atoms with Crippen LogP contribution in [0.15, 0.2) is 42.5 Å². The van der Waals surface area contributed by atoms with Crippen LogP contribution in [0.3, 0.4) is 0 Å². The van der Waals surface area contributed by atoms with Crippen LogP contribution in [0.5, 0.6) is 0 Å². The Labute approximate surface area is 121 Å². The molecule has 0 fully saturated rings. The van der Waals surface area contributed by atoms with Crippen molar-refractivity contribution in [3.8, 4) is 6.07 Å². The first-order valence-electron chi connectivity index (χ1n) is 7.12. The highest BCUT2D eigenvalue weighted by Crippen LogP contribution is 2.23. The molecule has 2 rings (SSSR count). The summed E-state index contributed by atoms with van der Waals surface area (Å²) in [4.78, 5) is 0. The van der Waals surface area contributed by atoms with Gasteiger partial charge in [-0.15, -0.1) is 0 Å². The van der Waals surface area contributed by atoms with Gasteiger partial charge in [0.1, 0.15) is 0 Å². The van der Waals surface area contributed by atoms with Gasteiger partial charge >= 0.3 is 0 Å². The van der Waals surface area contributed by atoms with Gasteiger partial charge in [-0.05, 0) is 41.7 Å². The summed E-state index contributed by atoms with van der Waals surface area (Å²) in [6.45, 7) is 5.15. The van der Waals surface area contributed by atoms with Crippen molar-refractivity contribution < 1.29 is 0 Å². The molecule has 0 radical (unpaired) electrons. The van der Waals surface area contributed by atoms with Gasteiger partial charge in [0.05, 0.1) is 11.6 Å². The summed E-state index contributed by atoms with van der Waals surface area (Å²) in [6.07, 6.45) is 2.06. The molecule has 0 amide bonds. The summed E-state index contributed by atoms with van der Waals surface area (Å²) in [7, 11) is 0. The lowest BCUT2D eigenvalue weighted by molar-refractivity contribution is 1.05. The Morgan fingerprint density at radius 3 is 2.05 bits per heavy atom. The number of hydrogen-bond acceptors (Lipinski definition) is 2. The lowest BCUT2D eigenvalue weighted by Crippen LogP contribution is -2.05. The van der Waals surface area contributed by atoms with Crippen LogP contribution in [0.25, 0.3) is 0 Å². The Balaban J connectivity index is 2.15. The fourth-order valence-corrected chi connectivity index (χ4v) is 2.36. The molecular weight excluding hydrogens is 244 g/mol. The molecule has 0 saturated carbocycles. The SMILES string of the molecule is CCc1cccc(CC)c1NCc1ccc(C#N)cc1. The molecular formula is C18H20N2. The first kappa shape index (κ1) is 14.1. The van der Waals surface area contributed by atoms with Gasteiger partial charge in [0, 0.05) is 12.2 Å². The van der Waals surface area contributed by atoms with E-state index in [1.165, 1.54) is 22.4 Å². The van der Waals surface area contributed by atoms with E-state index in [2.05, 4.69) is 43.4 Å². The van der Waals surface area contributed by atoms with Gasteiger partial charge in [0.2, 0.25) is 0 Å². The van der Waals surface area contributed by atoms with E-state index in [-0.39, 0.29) is 0 Å². The van der Waals surface area contributed by atoms with E-state index < -0.39 is 0 Å². The van der Waals surface area contributed by atoms with E-state index >= 15 is 0 Å². The van der Waals surface area contributed by atoms with E-state index in [1.807, 2.05) is 24.3 Å². The van der Waals surface area contributed by atoms with E-state index in [9.17, 15) is 0 Å². The second-order valence-corrected chi connectivity index (χ2v) is 4.82. The minimum absolute atomic E-state index is 0.706. The van der Waals surface area contributed by atoms with Crippen molar-refractivity contribution in [2.75, 3.05) is 5.32 Å². The molecule has 20 heavy (non-hydrogen) atoms. The number of benzene rings is 2. The van der Waals surface area contributed by atoms with Crippen molar-refractivity contribution in [3.63, 3.8) is 0 Å². The summed E-state index contributed by atoms with van der Waals surface area (Å²) < 4.78 is 0. The molecule has 2 nitrogen and oxygen atoms in total. The number of nitriles is 1. The average molecular weight is 264 g/mol. The minimum atomic E-state index is 0.706. The molecule has 2 heteroatoms. The predicted molar refractivity (Wildman–Crippen MR) is 83.7 cm³/mol. The Kier molecular flexibility index (Phi) is 4.79. The molecule has 1 N–H and O–H groups in total. The fourth-order valence-electron chi connectivity index (χ4n) is 2.36. The van der Waals surface area contributed by atoms with Crippen molar-refractivity contribution in [3.05, 3.63) is 64.7 Å². The van der Waals surface area contributed by atoms with Crippen LogP contribution < -0.4 is 5.32 Å². The number of aryl methyl sites for hydroxylation is 2. The minimum Gasteiger partial charge on any atom is -0.381 e. The third kappa shape index (κ3) is 3.19. The van der Waals surface area contributed by atoms with E-state index in [4.69, 9.17) is 5.26 Å². The summed E-state index contributed by atoms with van der Waals surface area (Å²) in [5.41, 5.74) is 5.88. The number of hydrogen-bond donors (Lipinski definition) is 1. The van der Waals surface area contributed by atoms with Gasteiger partial charge in [0.15, 0.2) is 0 Å². The standard InChI is InChI=1S/C18H20N2/c1-3-16-6-5-7-17(4-2)18(16)20-13-15-10-8-14(12-19)9-11-15/h5-11,20H,3-4,13H2,1-2H3. The van der Waals surface area contributed by atoms with E-state index in [1.54, 1.807) is 0 Å². The van der Waals surface area contributed by atoms with Crippen LogP contribution in [-0.4, -0.2) is 0 Å². The zero-order valence-corrected chi connectivity index (χ0v) is 12.1. The summed E-state index contributed by atoms with van der Waals surface area (Å²) in [6, 6.07) is 16.4. The smallest absolute Gasteiger partial charge is 0.0991 e. The fraction of sp³-hybridized carbons (Fsp3) is 0.278. The van der Waals surface area contributed by atoms with Crippen LogP contribution in [-0.2, 0) is 19.4 Å². The Hall–Kier alpha value is -2.27. The maximum Gasteiger partial charge on any atom is 0.0991 e. The summed E-state index contributed by atoms with van der Waals surface area (Å²) in [5, 5.41) is 12.4. The summed E-state index contributed by atoms with van der Waals surface area (Å²) >= 11 is 0. The van der Waals surface area contributed by atoms with Crippen LogP contribution >= 0.6 is 0 Å². The molecule has 2 aromatic rings. The topological polar surface area (TPSA) is 35.8 Å². The van der Waals surface area contributed by atoms with Crippen molar-refractivity contribution in [1.29, 1.82) is 5.26 Å². The van der Waals surface area contributed by atoms with Crippen molar-refractivity contribution >= 4 is 5.69 Å². The molecule has 0 atom stereocenters. The summed E-state index contributed by atoms with van der Waals surface area (Å²) in [5.74, 6) is 0. The lowest BCUT2D eigenvalue weighted by atomic mass is 10.0. The Morgan fingerprint density at radius 1 is 0.950 bits per heavy atom. The largest absolute Gasteiger partial charge is 0.381 e. The van der Waals surface area contributed by atoms with Crippen molar-refractivity contribution in [1.82, 2.24) is 0 Å². The molecule has 0 aliphatic heterocycles.